The van der Waals surface area contributed by atoms with Crippen LogP contribution in [0.4, 0.5) is 0 Å². The van der Waals surface area contributed by atoms with Crippen LogP contribution in [-0.2, 0) is 0 Å². The van der Waals surface area contributed by atoms with E-state index in [9.17, 15) is 4.79 Å². The molecule has 0 fully saturated rings. The van der Waals surface area contributed by atoms with E-state index in [0.29, 0.717) is 17.2 Å². The lowest BCUT2D eigenvalue weighted by Crippen LogP contribution is -2.27. The van der Waals surface area contributed by atoms with Gasteiger partial charge in [0.15, 0.2) is 5.82 Å². The number of nitrogens with zero attached hydrogens (tertiary/aromatic N) is 4. The Morgan fingerprint density at radius 2 is 1.68 bits per heavy atom. The van der Waals surface area contributed by atoms with Crippen molar-refractivity contribution in [1.29, 1.82) is 0 Å². The molecule has 0 spiro atoms. The summed E-state index contributed by atoms with van der Waals surface area (Å²) in [6, 6.07) is 18.6. The average molecular weight is 288 g/mol. The van der Waals surface area contributed by atoms with Gasteiger partial charge in [0.2, 0.25) is 0 Å². The van der Waals surface area contributed by atoms with Gasteiger partial charge in [-0.3, -0.25) is 9.38 Å². The molecule has 0 aliphatic rings. The molecule has 0 aliphatic carbocycles. The predicted molar refractivity (Wildman–Crippen MR) is 84.0 cm³/mol. The van der Waals surface area contributed by atoms with Crippen LogP contribution in [0.2, 0.25) is 0 Å². The van der Waals surface area contributed by atoms with Gasteiger partial charge in [-0.1, -0.05) is 24.3 Å². The fourth-order valence-corrected chi connectivity index (χ4v) is 2.46. The van der Waals surface area contributed by atoms with Gasteiger partial charge < -0.3 is 0 Å². The van der Waals surface area contributed by atoms with Crippen molar-refractivity contribution in [3.63, 3.8) is 0 Å². The van der Waals surface area contributed by atoms with Crippen LogP contribution in [0.15, 0.2) is 77.9 Å². The topological polar surface area (TPSA) is 52.2 Å². The summed E-state index contributed by atoms with van der Waals surface area (Å²) in [6.07, 6.45) is 3.41. The zero-order chi connectivity index (χ0) is 14.9. The minimum absolute atomic E-state index is 0.165. The molecule has 4 aromatic rings. The van der Waals surface area contributed by atoms with E-state index in [1.54, 1.807) is 23.0 Å². The SMILES string of the molecule is O=c1n(-c2ccccc2)c(-c2ccccn2)nc2cccn12. The van der Waals surface area contributed by atoms with Gasteiger partial charge in [-0.05, 0) is 36.4 Å². The molecule has 0 radical (unpaired) electrons. The van der Waals surface area contributed by atoms with Gasteiger partial charge in [-0.2, -0.15) is 0 Å². The monoisotopic (exact) mass is 288 g/mol. The normalized spacial score (nSPS) is 10.9. The second-order valence-electron chi connectivity index (χ2n) is 4.84. The summed E-state index contributed by atoms with van der Waals surface area (Å²) in [4.78, 5) is 21.8. The Labute approximate surface area is 126 Å². The number of pyridine rings is 1. The van der Waals surface area contributed by atoms with Crippen molar-refractivity contribution in [3.05, 3.63) is 83.5 Å². The second kappa shape index (κ2) is 4.96. The number of para-hydroxylation sites is 1. The van der Waals surface area contributed by atoms with Gasteiger partial charge in [0.1, 0.15) is 11.3 Å². The van der Waals surface area contributed by atoms with E-state index in [2.05, 4.69) is 9.97 Å². The lowest BCUT2D eigenvalue weighted by molar-refractivity contribution is 0.848. The third kappa shape index (κ3) is 1.91. The van der Waals surface area contributed by atoms with E-state index in [4.69, 9.17) is 0 Å². The van der Waals surface area contributed by atoms with E-state index < -0.39 is 0 Å². The summed E-state index contributed by atoms with van der Waals surface area (Å²) in [5.41, 5.74) is 1.86. The van der Waals surface area contributed by atoms with Crippen LogP contribution < -0.4 is 5.69 Å². The fourth-order valence-electron chi connectivity index (χ4n) is 2.46. The van der Waals surface area contributed by atoms with Crippen LogP contribution in [0.5, 0.6) is 0 Å². The van der Waals surface area contributed by atoms with Gasteiger partial charge in [0, 0.05) is 12.4 Å². The molecule has 4 rings (SSSR count). The van der Waals surface area contributed by atoms with E-state index in [1.165, 1.54) is 4.40 Å². The van der Waals surface area contributed by atoms with E-state index >= 15 is 0 Å². The zero-order valence-corrected chi connectivity index (χ0v) is 11.6. The van der Waals surface area contributed by atoms with E-state index in [0.717, 1.165) is 5.69 Å². The minimum Gasteiger partial charge on any atom is -0.253 e. The quantitative estimate of drug-likeness (QED) is 0.569. The van der Waals surface area contributed by atoms with Crippen molar-refractivity contribution >= 4 is 5.65 Å². The van der Waals surface area contributed by atoms with Gasteiger partial charge >= 0.3 is 5.69 Å². The summed E-state index contributed by atoms with van der Waals surface area (Å²) >= 11 is 0. The molecule has 1 aromatic carbocycles. The third-order valence-corrected chi connectivity index (χ3v) is 3.47. The van der Waals surface area contributed by atoms with Crippen molar-refractivity contribution in [1.82, 2.24) is 18.9 Å². The number of rotatable bonds is 2. The first kappa shape index (κ1) is 12.5. The summed E-state index contributed by atoms with van der Waals surface area (Å²) < 4.78 is 3.11. The van der Waals surface area contributed by atoms with Gasteiger partial charge in [0.25, 0.3) is 0 Å². The molecule has 106 valence electrons. The highest BCUT2D eigenvalue weighted by Gasteiger charge is 2.14. The molecule has 0 saturated heterocycles. The minimum atomic E-state index is -0.165. The Balaban J connectivity index is 2.13. The van der Waals surface area contributed by atoms with Crippen molar-refractivity contribution < 1.29 is 0 Å². The summed E-state index contributed by atoms with van der Waals surface area (Å²) in [6.45, 7) is 0. The fraction of sp³-hybridized carbons (Fsp3) is 0. The van der Waals surface area contributed by atoms with Crippen LogP contribution in [0.25, 0.3) is 22.9 Å². The van der Waals surface area contributed by atoms with Crippen LogP contribution in [0, 0.1) is 0 Å². The molecule has 0 amide bonds. The number of aromatic nitrogens is 4. The maximum Gasteiger partial charge on any atom is 0.340 e. The smallest absolute Gasteiger partial charge is 0.253 e. The summed E-state index contributed by atoms with van der Waals surface area (Å²) in [5.74, 6) is 0.531. The average Bonchev–Trinajstić information content (AvgIpc) is 3.05. The Hall–Kier alpha value is -3.21. The molecule has 5 nitrogen and oxygen atoms in total. The zero-order valence-electron chi connectivity index (χ0n) is 11.6. The highest BCUT2D eigenvalue weighted by molar-refractivity contribution is 5.57. The van der Waals surface area contributed by atoms with E-state index in [-0.39, 0.29) is 5.69 Å². The standard InChI is InChI=1S/C17H12N4O/c22-17-20-12-6-10-15(20)19-16(14-9-4-5-11-18-14)21(17)13-7-2-1-3-8-13/h1-12H. The third-order valence-electron chi connectivity index (χ3n) is 3.47. The van der Waals surface area contributed by atoms with Crippen LogP contribution in [0.1, 0.15) is 0 Å². The molecule has 0 unspecified atom stereocenters. The maximum absolute atomic E-state index is 12.8. The number of hydrogen-bond acceptors (Lipinski definition) is 3. The van der Waals surface area contributed by atoms with Crippen molar-refractivity contribution in [2.45, 2.75) is 0 Å². The molecule has 22 heavy (non-hydrogen) atoms. The van der Waals surface area contributed by atoms with Crippen molar-refractivity contribution in [2.75, 3.05) is 0 Å². The van der Waals surface area contributed by atoms with Gasteiger partial charge in [0.05, 0.1) is 5.69 Å². The van der Waals surface area contributed by atoms with Crippen LogP contribution in [0.3, 0.4) is 0 Å². The van der Waals surface area contributed by atoms with Gasteiger partial charge in [-0.15, -0.1) is 0 Å². The molecule has 5 heteroatoms. The maximum atomic E-state index is 12.8. The molecule has 0 atom stereocenters. The molecule has 0 aliphatic heterocycles. The molecule has 0 bridgehead atoms. The first-order valence-corrected chi connectivity index (χ1v) is 6.91. The van der Waals surface area contributed by atoms with Gasteiger partial charge in [-0.25, -0.2) is 14.3 Å². The molecular formula is C17H12N4O. The van der Waals surface area contributed by atoms with Crippen molar-refractivity contribution in [2.24, 2.45) is 0 Å². The predicted octanol–water partition coefficient (Wildman–Crippen LogP) is 2.55. The number of hydrogen-bond donors (Lipinski definition) is 0. The highest BCUT2D eigenvalue weighted by atomic mass is 16.1. The Morgan fingerprint density at radius 1 is 0.864 bits per heavy atom. The van der Waals surface area contributed by atoms with Crippen LogP contribution >= 0.6 is 0 Å². The second-order valence-corrected chi connectivity index (χ2v) is 4.84. The summed E-state index contributed by atoms with van der Waals surface area (Å²) in [5, 5.41) is 0. The van der Waals surface area contributed by atoms with Crippen LogP contribution in [-0.4, -0.2) is 18.9 Å². The Bertz CT molecular complexity index is 988. The molecular weight excluding hydrogens is 276 g/mol. The summed E-state index contributed by atoms with van der Waals surface area (Å²) in [7, 11) is 0. The Kier molecular flexibility index (Phi) is 2.83. The molecule has 3 heterocycles. The number of fused-ring (bicyclic) bond motifs is 1. The lowest BCUT2D eigenvalue weighted by Gasteiger charge is -2.12. The number of benzene rings is 1. The lowest BCUT2D eigenvalue weighted by atomic mass is 10.3. The Morgan fingerprint density at radius 3 is 2.45 bits per heavy atom. The van der Waals surface area contributed by atoms with Crippen molar-refractivity contribution in [3.8, 4) is 17.2 Å². The first-order valence-electron chi connectivity index (χ1n) is 6.91. The highest BCUT2D eigenvalue weighted by Crippen LogP contribution is 2.17. The van der Waals surface area contributed by atoms with E-state index in [1.807, 2.05) is 54.6 Å². The molecule has 0 saturated carbocycles. The first-order chi connectivity index (χ1) is 10.8. The largest absolute Gasteiger partial charge is 0.340 e. The molecule has 0 N–H and O–H groups in total. The molecule has 3 aromatic heterocycles.